The van der Waals surface area contributed by atoms with E-state index in [9.17, 15) is 4.79 Å². The summed E-state index contributed by atoms with van der Waals surface area (Å²) in [5.41, 5.74) is 2.32. The molecule has 21 heavy (non-hydrogen) atoms. The summed E-state index contributed by atoms with van der Waals surface area (Å²) < 4.78 is 5.42. The van der Waals surface area contributed by atoms with Gasteiger partial charge in [0.25, 0.3) is 0 Å². The van der Waals surface area contributed by atoms with Crippen LogP contribution < -0.4 is 5.32 Å². The van der Waals surface area contributed by atoms with Gasteiger partial charge < -0.3 is 9.73 Å². The zero-order valence-corrected chi connectivity index (χ0v) is 11.9. The summed E-state index contributed by atoms with van der Waals surface area (Å²) in [5.74, 6) is 1.20. The van der Waals surface area contributed by atoms with Gasteiger partial charge in [0.15, 0.2) is 0 Å². The van der Waals surface area contributed by atoms with Crippen LogP contribution in [0.1, 0.15) is 30.1 Å². The fourth-order valence-electron chi connectivity index (χ4n) is 2.71. The van der Waals surface area contributed by atoms with Gasteiger partial charge in [0.05, 0.1) is 6.26 Å². The average molecular weight is 281 g/mol. The molecule has 0 aliphatic heterocycles. The number of nitrogens with one attached hydrogen (secondary N) is 1. The van der Waals surface area contributed by atoms with Crippen molar-refractivity contribution in [1.29, 1.82) is 0 Å². The molecule has 0 spiro atoms. The van der Waals surface area contributed by atoms with Gasteiger partial charge in [0.2, 0.25) is 0 Å². The predicted octanol–water partition coefficient (Wildman–Crippen LogP) is 3.44. The van der Waals surface area contributed by atoms with Gasteiger partial charge in [-0.05, 0) is 24.1 Å². The Labute approximate surface area is 124 Å². The molecule has 0 fully saturated rings. The molecule has 0 saturated carbocycles. The van der Waals surface area contributed by atoms with Gasteiger partial charge in [0.1, 0.15) is 11.5 Å². The molecule has 108 valence electrons. The van der Waals surface area contributed by atoms with Crippen LogP contribution in [0.2, 0.25) is 0 Å². The summed E-state index contributed by atoms with van der Waals surface area (Å²) in [4.78, 5) is 11.9. The Hall–Kier alpha value is -2.29. The van der Waals surface area contributed by atoms with Gasteiger partial charge in [-0.3, -0.25) is 4.79 Å². The molecule has 1 aromatic heterocycles. The van der Waals surface area contributed by atoms with Crippen molar-refractivity contribution in [3.05, 3.63) is 71.8 Å². The second kappa shape index (κ2) is 6.44. The Morgan fingerprint density at radius 1 is 1.14 bits per heavy atom. The van der Waals surface area contributed by atoms with Crippen molar-refractivity contribution in [2.75, 3.05) is 6.54 Å². The summed E-state index contributed by atoms with van der Waals surface area (Å²) >= 11 is 0. The van der Waals surface area contributed by atoms with E-state index in [0.29, 0.717) is 12.8 Å². The van der Waals surface area contributed by atoms with E-state index in [1.165, 1.54) is 5.56 Å². The van der Waals surface area contributed by atoms with Crippen LogP contribution in [-0.2, 0) is 11.2 Å². The van der Waals surface area contributed by atoms with Crippen molar-refractivity contribution in [3.8, 4) is 0 Å². The lowest BCUT2D eigenvalue weighted by Gasteiger charge is -2.20. The fraction of sp³-hybridized carbons (Fsp3) is 0.278. The third-order valence-electron chi connectivity index (χ3n) is 3.75. The number of ketones is 1. The molecule has 1 aliphatic rings. The van der Waals surface area contributed by atoms with E-state index in [-0.39, 0.29) is 11.7 Å². The smallest absolute Gasteiger partial charge is 0.139 e. The van der Waals surface area contributed by atoms with Crippen LogP contribution in [0.4, 0.5) is 0 Å². The maximum atomic E-state index is 11.9. The number of hydrogen-bond donors (Lipinski definition) is 1. The molecule has 1 atom stereocenters. The molecule has 0 amide bonds. The molecule has 1 aromatic carbocycles. The lowest BCUT2D eigenvalue weighted by Crippen LogP contribution is -2.23. The van der Waals surface area contributed by atoms with E-state index < -0.39 is 0 Å². The number of carbonyl (C=O) groups excluding carboxylic acids is 1. The van der Waals surface area contributed by atoms with E-state index >= 15 is 0 Å². The Kier molecular flexibility index (Phi) is 4.20. The van der Waals surface area contributed by atoms with Crippen LogP contribution in [0.5, 0.6) is 0 Å². The van der Waals surface area contributed by atoms with E-state index in [2.05, 4.69) is 23.5 Å². The molecular formula is C18H19NO2. The van der Waals surface area contributed by atoms with Crippen LogP contribution in [0, 0.1) is 0 Å². The van der Waals surface area contributed by atoms with E-state index in [1.54, 1.807) is 6.26 Å². The van der Waals surface area contributed by atoms with Crippen LogP contribution >= 0.6 is 0 Å². The SMILES string of the molecule is O=C1CC(NCCc2ccccc2)=CC(c2ccco2)C1. The first-order valence-electron chi connectivity index (χ1n) is 7.35. The maximum Gasteiger partial charge on any atom is 0.139 e. The van der Waals surface area contributed by atoms with Crippen LogP contribution in [0.15, 0.2) is 64.9 Å². The first-order valence-corrected chi connectivity index (χ1v) is 7.35. The number of carbonyl (C=O) groups is 1. The maximum absolute atomic E-state index is 11.9. The summed E-state index contributed by atoms with van der Waals surface area (Å²) in [5, 5.41) is 3.39. The van der Waals surface area contributed by atoms with E-state index in [4.69, 9.17) is 4.42 Å². The Morgan fingerprint density at radius 2 is 2.00 bits per heavy atom. The lowest BCUT2D eigenvalue weighted by molar-refractivity contribution is -0.119. The summed E-state index contributed by atoms with van der Waals surface area (Å²) in [6.07, 6.45) is 5.79. The number of furan rings is 1. The third-order valence-corrected chi connectivity index (χ3v) is 3.75. The van der Waals surface area contributed by atoms with Gasteiger partial charge in [-0.25, -0.2) is 0 Å². The predicted molar refractivity (Wildman–Crippen MR) is 81.9 cm³/mol. The van der Waals surface area contributed by atoms with Gasteiger partial charge in [-0.15, -0.1) is 0 Å². The molecule has 1 N–H and O–H groups in total. The van der Waals surface area contributed by atoms with Gasteiger partial charge in [-0.1, -0.05) is 36.4 Å². The molecule has 1 unspecified atom stereocenters. The molecule has 0 saturated heterocycles. The van der Waals surface area contributed by atoms with Crippen molar-refractivity contribution < 1.29 is 9.21 Å². The topological polar surface area (TPSA) is 42.2 Å². The Bertz CT molecular complexity index is 614. The zero-order chi connectivity index (χ0) is 14.5. The van der Waals surface area contributed by atoms with Gasteiger partial charge >= 0.3 is 0 Å². The van der Waals surface area contributed by atoms with Crippen molar-refractivity contribution >= 4 is 5.78 Å². The van der Waals surface area contributed by atoms with Crippen LogP contribution in [-0.4, -0.2) is 12.3 Å². The van der Waals surface area contributed by atoms with Crippen molar-refractivity contribution in [1.82, 2.24) is 5.32 Å². The first kappa shape index (κ1) is 13.7. The van der Waals surface area contributed by atoms with E-state index in [0.717, 1.165) is 24.4 Å². The molecular weight excluding hydrogens is 262 g/mol. The molecule has 1 aliphatic carbocycles. The molecule has 0 bridgehead atoms. The summed E-state index contributed by atoms with van der Waals surface area (Å²) in [7, 11) is 0. The zero-order valence-electron chi connectivity index (χ0n) is 11.9. The van der Waals surface area contributed by atoms with Crippen molar-refractivity contribution in [2.24, 2.45) is 0 Å². The number of Topliss-reactive ketones (excluding diaryl/α,β-unsaturated/α-hetero) is 1. The van der Waals surface area contributed by atoms with E-state index in [1.807, 2.05) is 30.3 Å². The largest absolute Gasteiger partial charge is 0.469 e. The monoisotopic (exact) mass is 281 g/mol. The molecule has 3 rings (SSSR count). The standard InChI is InChI=1S/C18H19NO2/c20-17-12-15(18-7-4-10-21-18)11-16(13-17)19-9-8-14-5-2-1-3-6-14/h1-7,10-11,15,19H,8-9,12-13H2. The van der Waals surface area contributed by atoms with Crippen molar-refractivity contribution in [3.63, 3.8) is 0 Å². The Morgan fingerprint density at radius 3 is 2.76 bits per heavy atom. The highest BCUT2D eigenvalue weighted by Crippen LogP contribution is 2.28. The second-order valence-corrected chi connectivity index (χ2v) is 5.40. The second-order valence-electron chi connectivity index (χ2n) is 5.40. The quantitative estimate of drug-likeness (QED) is 0.913. The molecule has 3 heteroatoms. The minimum Gasteiger partial charge on any atom is -0.469 e. The highest BCUT2D eigenvalue weighted by molar-refractivity contribution is 5.83. The Balaban J connectivity index is 1.60. The molecule has 3 nitrogen and oxygen atoms in total. The molecule has 1 heterocycles. The number of allylic oxidation sites excluding steroid dienone is 2. The van der Waals surface area contributed by atoms with Crippen LogP contribution in [0.25, 0.3) is 0 Å². The summed E-state index contributed by atoms with van der Waals surface area (Å²) in [6.45, 7) is 0.841. The average Bonchev–Trinajstić information content (AvgIpc) is 3.02. The molecule has 2 aromatic rings. The van der Waals surface area contributed by atoms with Gasteiger partial charge in [0, 0.05) is 31.0 Å². The first-order chi connectivity index (χ1) is 10.3. The normalized spacial score (nSPS) is 18.4. The minimum atomic E-state index is 0.0699. The number of rotatable bonds is 5. The van der Waals surface area contributed by atoms with Crippen LogP contribution in [0.3, 0.4) is 0 Å². The lowest BCUT2D eigenvalue weighted by atomic mass is 9.90. The highest BCUT2D eigenvalue weighted by Gasteiger charge is 2.22. The highest BCUT2D eigenvalue weighted by atomic mass is 16.3. The summed E-state index contributed by atoms with van der Waals surface area (Å²) in [6, 6.07) is 14.2. The molecule has 0 radical (unpaired) electrons. The van der Waals surface area contributed by atoms with Gasteiger partial charge in [-0.2, -0.15) is 0 Å². The number of benzene rings is 1. The number of hydrogen-bond acceptors (Lipinski definition) is 3. The third kappa shape index (κ3) is 3.63. The van der Waals surface area contributed by atoms with Crippen molar-refractivity contribution in [2.45, 2.75) is 25.2 Å². The minimum absolute atomic E-state index is 0.0699. The fourth-order valence-corrected chi connectivity index (χ4v) is 2.71.